The Balaban J connectivity index is 0.00000300. The Morgan fingerprint density at radius 3 is 2.72 bits per heavy atom. The van der Waals surface area contributed by atoms with Gasteiger partial charge in [-0.15, -0.1) is 24.0 Å². The van der Waals surface area contributed by atoms with Crippen molar-refractivity contribution < 1.29 is 18.7 Å². The van der Waals surface area contributed by atoms with Crippen LogP contribution in [0.2, 0.25) is 0 Å². The van der Waals surface area contributed by atoms with E-state index in [4.69, 9.17) is 19.6 Å². The van der Waals surface area contributed by atoms with Gasteiger partial charge >= 0.3 is 0 Å². The SMILES string of the molecule is CCOc1cc2c(cc1CNC(=NC)NCc1ccc(C(N)=O)o1)OC(C)C2.I. The van der Waals surface area contributed by atoms with Crippen LogP contribution >= 0.6 is 24.0 Å². The van der Waals surface area contributed by atoms with Crippen LogP contribution in [-0.4, -0.2) is 31.6 Å². The number of rotatable bonds is 7. The average molecular weight is 514 g/mol. The van der Waals surface area contributed by atoms with E-state index in [-0.39, 0.29) is 35.8 Å². The topological polar surface area (TPSA) is 111 Å². The number of carbonyl (C=O) groups is 1. The van der Waals surface area contributed by atoms with Gasteiger partial charge in [0, 0.05) is 31.1 Å². The molecule has 1 unspecified atom stereocenters. The largest absolute Gasteiger partial charge is 0.494 e. The van der Waals surface area contributed by atoms with Gasteiger partial charge in [-0.25, -0.2) is 0 Å². The molecule has 1 aromatic carbocycles. The minimum Gasteiger partial charge on any atom is -0.494 e. The summed E-state index contributed by atoms with van der Waals surface area (Å²) in [4.78, 5) is 15.3. The molecule has 0 spiro atoms. The summed E-state index contributed by atoms with van der Waals surface area (Å²) in [6.45, 7) is 5.51. The van der Waals surface area contributed by atoms with E-state index in [0.717, 1.165) is 23.5 Å². The van der Waals surface area contributed by atoms with Crippen molar-refractivity contribution in [2.24, 2.45) is 10.7 Å². The molecule has 1 atom stereocenters. The highest BCUT2D eigenvalue weighted by Crippen LogP contribution is 2.35. The highest BCUT2D eigenvalue weighted by molar-refractivity contribution is 14.0. The fourth-order valence-corrected chi connectivity index (χ4v) is 3.09. The zero-order valence-electron chi connectivity index (χ0n) is 16.8. The van der Waals surface area contributed by atoms with Crippen LogP contribution in [0.5, 0.6) is 11.5 Å². The molecule has 0 fully saturated rings. The summed E-state index contributed by atoms with van der Waals surface area (Å²) in [7, 11) is 1.68. The molecule has 2 heterocycles. The Morgan fingerprint density at radius 2 is 2.07 bits per heavy atom. The fourth-order valence-electron chi connectivity index (χ4n) is 3.09. The van der Waals surface area contributed by atoms with Crippen molar-refractivity contribution in [1.82, 2.24) is 10.6 Å². The van der Waals surface area contributed by atoms with Crippen molar-refractivity contribution in [1.29, 1.82) is 0 Å². The van der Waals surface area contributed by atoms with Crippen molar-refractivity contribution >= 4 is 35.8 Å². The van der Waals surface area contributed by atoms with Gasteiger partial charge < -0.3 is 30.3 Å². The molecule has 1 aromatic heterocycles. The van der Waals surface area contributed by atoms with Crippen molar-refractivity contribution in [3.05, 3.63) is 46.9 Å². The van der Waals surface area contributed by atoms with E-state index in [9.17, 15) is 4.79 Å². The maximum Gasteiger partial charge on any atom is 0.284 e. The highest BCUT2D eigenvalue weighted by Gasteiger charge is 2.22. The van der Waals surface area contributed by atoms with Gasteiger partial charge in [0.15, 0.2) is 11.7 Å². The molecule has 8 nitrogen and oxygen atoms in total. The number of nitrogens with two attached hydrogens (primary N) is 1. The first-order valence-electron chi connectivity index (χ1n) is 9.28. The first kappa shape index (κ1) is 22.9. The summed E-state index contributed by atoms with van der Waals surface area (Å²) in [6, 6.07) is 7.33. The Kier molecular flexibility index (Phi) is 8.18. The lowest BCUT2D eigenvalue weighted by Gasteiger charge is -2.15. The van der Waals surface area contributed by atoms with Crippen LogP contribution in [0.3, 0.4) is 0 Å². The zero-order valence-corrected chi connectivity index (χ0v) is 19.1. The molecule has 0 bridgehead atoms. The second kappa shape index (κ2) is 10.4. The lowest BCUT2D eigenvalue weighted by Crippen LogP contribution is -2.36. The number of furan rings is 1. The second-order valence-corrected chi connectivity index (χ2v) is 6.54. The van der Waals surface area contributed by atoms with E-state index in [2.05, 4.69) is 28.6 Å². The summed E-state index contributed by atoms with van der Waals surface area (Å²) in [5, 5.41) is 6.40. The van der Waals surface area contributed by atoms with Crippen molar-refractivity contribution in [2.75, 3.05) is 13.7 Å². The fraction of sp³-hybridized carbons (Fsp3) is 0.400. The summed E-state index contributed by atoms with van der Waals surface area (Å²) >= 11 is 0. The number of halogens is 1. The number of guanidine groups is 1. The molecule has 2 aromatic rings. The summed E-state index contributed by atoms with van der Waals surface area (Å²) in [5.74, 6) is 2.48. The third-order valence-corrected chi connectivity index (χ3v) is 4.38. The first-order valence-corrected chi connectivity index (χ1v) is 9.28. The molecule has 0 saturated heterocycles. The maximum atomic E-state index is 11.1. The zero-order chi connectivity index (χ0) is 20.1. The van der Waals surface area contributed by atoms with Crippen LogP contribution in [-0.2, 0) is 19.5 Å². The molecular weight excluding hydrogens is 487 g/mol. The maximum absolute atomic E-state index is 11.1. The molecule has 9 heteroatoms. The predicted molar refractivity (Wildman–Crippen MR) is 121 cm³/mol. The predicted octanol–water partition coefficient (Wildman–Crippen LogP) is 2.58. The smallest absolute Gasteiger partial charge is 0.284 e. The van der Waals surface area contributed by atoms with Crippen LogP contribution in [0.25, 0.3) is 0 Å². The number of carbonyl (C=O) groups excluding carboxylic acids is 1. The quantitative estimate of drug-likeness (QED) is 0.298. The van der Waals surface area contributed by atoms with E-state index in [0.29, 0.717) is 31.4 Å². The summed E-state index contributed by atoms with van der Waals surface area (Å²) < 4.78 is 17.0. The summed E-state index contributed by atoms with van der Waals surface area (Å²) in [6.07, 6.45) is 1.07. The Hall–Kier alpha value is -2.43. The number of hydrogen-bond acceptors (Lipinski definition) is 5. The van der Waals surface area contributed by atoms with Crippen LogP contribution in [0.15, 0.2) is 33.7 Å². The van der Waals surface area contributed by atoms with Gasteiger partial charge in [-0.05, 0) is 38.1 Å². The monoisotopic (exact) mass is 514 g/mol. The highest BCUT2D eigenvalue weighted by atomic mass is 127. The molecule has 4 N–H and O–H groups in total. The number of hydrogen-bond donors (Lipinski definition) is 3. The van der Waals surface area contributed by atoms with Gasteiger partial charge in [-0.2, -0.15) is 0 Å². The lowest BCUT2D eigenvalue weighted by molar-refractivity contribution is 0.0972. The number of aliphatic imine (C=N–C) groups is 1. The molecule has 0 aliphatic carbocycles. The third-order valence-electron chi connectivity index (χ3n) is 4.38. The van der Waals surface area contributed by atoms with E-state index in [1.807, 2.05) is 13.0 Å². The minimum absolute atomic E-state index is 0. The van der Waals surface area contributed by atoms with Crippen molar-refractivity contribution in [3.8, 4) is 11.5 Å². The number of fused-ring (bicyclic) bond motifs is 1. The van der Waals surface area contributed by atoms with E-state index in [1.54, 1.807) is 19.2 Å². The number of primary amides is 1. The van der Waals surface area contributed by atoms with Gasteiger partial charge in [-0.3, -0.25) is 9.79 Å². The van der Waals surface area contributed by atoms with Gasteiger partial charge in [0.25, 0.3) is 5.91 Å². The normalized spacial score (nSPS) is 15.1. The molecular formula is C20H27IN4O4. The number of nitrogens with zero attached hydrogens (tertiary/aromatic N) is 1. The number of nitrogens with one attached hydrogen (secondary N) is 2. The van der Waals surface area contributed by atoms with Gasteiger partial charge in [0.1, 0.15) is 23.4 Å². The Bertz CT molecular complexity index is 881. The molecule has 158 valence electrons. The lowest BCUT2D eigenvalue weighted by atomic mass is 10.1. The molecule has 3 rings (SSSR count). The second-order valence-electron chi connectivity index (χ2n) is 6.54. The van der Waals surface area contributed by atoms with Crippen LogP contribution in [0.1, 0.15) is 41.3 Å². The molecule has 1 amide bonds. The molecule has 1 aliphatic heterocycles. The van der Waals surface area contributed by atoms with E-state index < -0.39 is 5.91 Å². The van der Waals surface area contributed by atoms with Crippen molar-refractivity contribution in [2.45, 2.75) is 39.5 Å². The molecule has 0 saturated carbocycles. The number of amides is 1. The van der Waals surface area contributed by atoms with Crippen molar-refractivity contribution in [3.63, 3.8) is 0 Å². The summed E-state index contributed by atoms with van der Waals surface area (Å²) in [5.41, 5.74) is 7.36. The van der Waals surface area contributed by atoms with Crippen LogP contribution < -0.4 is 25.8 Å². The Morgan fingerprint density at radius 1 is 1.31 bits per heavy atom. The van der Waals surface area contributed by atoms with E-state index in [1.165, 1.54) is 5.56 Å². The number of ether oxygens (including phenoxy) is 2. The van der Waals surface area contributed by atoms with Crippen LogP contribution in [0.4, 0.5) is 0 Å². The van der Waals surface area contributed by atoms with Crippen LogP contribution in [0, 0.1) is 0 Å². The van der Waals surface area contributed by atoms with Gasteiger partial charge in [0.05, 0.1) is 13.2 Å². The molecule has 29 heavy (non-hydrogen) atoms. The van der Waals surface area contributed by atoms with Gasteiger partial charge in [-0.1, -0.05) is 0 Å². The standard InChI is InChI=1S/C20H26N4O4.HI/c1-4-26-17-8-13-7-12(2)27-18(13)9-14(17)10-23-20(22-3)24-11-15-5-6-16(28-15)19(21)25;/h5-6,8-9,12H,4,7,10-11H2,1-3H3,(H2,21,25)(H2,22,23,24);1H. The molecule has 1 aliphatic rings. The number of benzene rings is 1. The minimum atomic E-state index is -0.592. The molecule has 0 radical (unpaired) electrons. The van der Waals surface area contributed by atoms with E-state index >= 15 is 0 Å². The Labute approximate surface area is 187 Å². The third kappa shape index (κ3) is 5.78. The van der Waals surface area contributed by atoms with Gasteiger partial charge in [0.2, 0.25) is 0 Å². The average Bonchev–Trinajstić information content (AvgIpc) is 3.27. The first-order chi connectivity index (χ1) is 13.5.